The van der Waals surface area contributed by atoms with Crippen molar-refractivity contribution in [1.82, 2.24) is 9.38 Å². The molecule has 3 aromatic rings. The summed E-state index contributed by atoms with van der Waals surface area (Å²) in [5.74, 6) is 1.04. The van der Waals surface area contributed by atoms with Crippen molar-refractivity contribution in [1.29, 1.82) is 0 Å². The lowest BCUT2D eigenvalue weighted by atomic mass is 10.1. The monoisotopic (exact) mass is 329 g/mol. The van der Waals surface area contributed by atoms with E-state index in [-0.39, 0.29) is 0 Å². The predicted molar refractivity (Wildman–Crippen MR) is 88.9 cm³/mol. The number of ether oxygens (including phenoxy) is 1. The van der Waals surface area contributed by atoms with Gasteiger partial charge in [-0.2, -0.15) is 0 Å². The van der Waals surface area contributed by atoms with E-state index in [0.29, 0.717) is 34.4 Å². The molecular formula is C17H16ClN3O2. The number of nitrogens with two attached hydrogens (primary N) is 1. The van der Waals surface area contributed by atoms with Crippen molar-refractivity contribution in [2.24, 2.45) is 0 Å². The van der Waals surface area contributed by atoms with E-state index >= 15 is 0 Å². The molecule has 0 fully saturated rings. The molecule has 5 nitrogen and oxygen atoms in total. The Labute approximate surface area is 138 Å². The molecule has 1 aliphatic carbocycles. The Morgan fingerprint density at radius 3 is 3.00 bits per heavy atom. The first-order valence-electron chi connectivity index (χ1n) is 7.41. The number of rotatable bonds is 2. The summed E-state index contributed by atoms with van der Waals surface area (Å²) < 4.78 is 7.81. The van der Waals surface area contributed by atoms with Gasteiger partial charge in [0.1, 0.15) is 5.82 Å². The first-order chi connectivity index (χ1) is 11.0. The average molecular weight is 330 g/mol. The molecule has 1 aliphatic rings. The quantitative estimate of drug-likeness (QED) is 0.758. The number of aliphatic hydroxyl groups is 1. The Morgan fingerprint density at radius 1 is 1.39 bits per heavy atom. The van der Waals surface area contributed by atoms with Crippen LogP contribution in [0.3, 0.4) is 0 Å². The zero-order chi connectivity index (χ0) is 16.1. The topological polar surface area (TPSA) is 72.8 Å². The molecule has 2 unspecified atom stereocenters. The van der Waals surface area contributed by atoms with Crippen molar-refractivity contribution in [3.63, 3.8) is 0 Å². The summed E-state index contributed by atoms with van der Waals surface area (Å²) in [5, 5.41) is 10.9. The van der Waals surface area contributed by atoms with E-state index < -0.39 is 12.2 Å². The lowest BCUT2D eigenvalue weighted by Gasteiger charge is -2.19. The Morgan fingerprint density at radius 2 is 2.17 bits per heavy atom. The Balaban J connectivity index is 1.80. The first-order valence-corrected chi connectivity index (χ1v) is 7.78. The maximum Gasteiger partial charge on any atom is 0.181 e. The maximum atomic E-state index is 10.4. The third kappa shape index (κ3) is 2.24. The van der Waals surface area contributed by atoms with E-state index in [4.69, 9.17) is 22.1 Å². The molecule has 0 saturated carbocycles. The van der Waals surface area contributed by atoms with Crippen LogP contribution in [0.15, 0.2) is 36.5 Å². The van der Waals surface area contributed by atoms with Gasteiger partial charge in [-0.15, -0.1) is 0 Å². The molecule has 6 heteroatoms. The van der Waals surface area contributed by atoms with Crippen LogP contribution in [-0.4, -0.2) is 20.6 Å². The minimum atomic E-state index is -0.597. The molecule has 23 heavy (non-hydrogen) atoms. The fourth-order valence-corrected chi connectivity index (χ4v) is 3.31. The molecule has 0 bridgehead atoms. The zero-order valence-corrected chi connectivity index (χ0v) is 13.3. The van der Waals surface area contributed by atoms with Crippen LogP contribution < -0.4 is 10.5 Å². The number of hydrogen-bond donors (Lipinski definition) is 2. The number of nitrogen functional groups attached to an aromatic ring is 1. The molecule has 0 spiro atoms. The van der Waals surface area contributed by atoms with E-state index in [2.05, 4.69) is 4.98 Å². The largest absolute Gasteiger partial charge is 0.479 e. The maximum absolute atomic E-state index is 10.4. The molecule has 2 heterocycles. The summed E-state index contributed by atoms with van der Waals surface area (Å²) in [6.07, 6.45) is 1.25. The van der Waals surface area contributed by atoms with Crippen molar-refractivity contribution >= 4 is 23.1 Å². The number of hydrogen-bond acceptors (Lipinski definition) is 4. The number of nitrogens with zero attached hydrogens (tertiary/aromatic N) is 2. The average Bonchev–Trinajstić information content (AvgIpc) is 2.98. The molecule has 4 rings (SSSR count). The van der Waals surface area contributed by atoms with Gasteiger partial charge in [0.15, 0.2) is 17.5 Å². The van der Waals surface area contributed by atoms with Gasteiger partial charge in [-0.05, 0) is 18.1 Å². The molecule has 0 aliphatic heterocycles. The van der Waals surface area contributed by atoms with E-state index in [0.717, 1.165) is 11.1 Å². The molecule has 118 valence electrons. The van der Waals surface area contributed by atoms with Crippen LogP contribution in [0.5, 0.6) is 5.75 Å². The van der Waals surface area contributed by atoms with Crippen molar-refractivity contribution in [3.05, 3.63) is 58.4 Å². The fraction of sp³-hybridized carbons (Fsp3) is 0.235. The summed E-state index contributed by atoms with van der Waals surface area (Å²) in [4.78, 5) is 4.45. The van der Waals surface area contributed by atoms with Crippen LogP contribution in [-0.2, 0) is 6.42 Å². The highest BCUT2D eigenvalue weighted by atomic mass is 35.5. The number of aromatic nitrogens is 2. The number of fused-ring (bicyclic) bond motifs is 2. The Hall–Kier alpha value is -2.24. The van der Waals surface area contributed by atoms with Gasteiger partial charge >= 0.3 is 0 Å². The zero-order valence-electron chi connectivity index (χ0n) is 12.5. The summed E-state index contributed by atoms with van der Waals surface area (Å²) in [6, 6.07) is 9.59. The minimum Gasteiger partial charge on any atom is -0.479 e. The van der Waals surface area contributed by atoms with E-state index in [1.165, 1.54) is 0 Å². The number of halogens is 1. The van der Waals surface area contributed by atoms with Crippen molar-refractivity contribution in [3.8, 4) is 5.75 Å². The van der Waals surface area contributed by atoms with E-state index in [9.17, 15) is 5.11 Å². The van der Waals surface area contributed by atoms with Gasteiger partial charge in [0.25, 0.3) is 0 Å². The van der Waals surface area contributed by atoms with Crippen molar-refractivity contribution in [2.45, 2.75) is 25.6 Å². The van der Waals surface area contributed by atoms with Gasteiger partial charge in [-0.3, -0.25) is 4.40 Å². The molecule has 2 atom stereocenters. The third-order valence-corrected chi connectivity index (χ3v) is 4.47. The standard InChI is InChI=1S/C17H16ClN3O2/c1-9-16(19)21-8-11(18)7-14(17(21)20-9)23-15-12-5-3-2-4-10(12)6-13(15)22/h2-5,7-8,13,15,22H,6,19H2,1H3. The van der Waals surface area contributed by atoms with Gasteiger partial charge in [0.05, 0.1) is 16.8 Å². The molecule has 0 saturated heterocycles. The highest BCUT2D eigenvalue weighted by Gasteiger charge is 2.33. The lowest BCUT2D eigenvalue weighted by Crippen LogP contribution is -2.19. The van der Waals surface area contributed by atoms with Gasteiger partial charge in [-0.25, -0.2) is 4.98 Å². The van der Waals surface area contributed by atoms with Crippen LogP contribution >= 0.6 is 11.6 Å². The number of pyridine rings is 1. The van der Waals surface area contributed by atoms with Gasteiger partial charge in [0.2, 0.25) is 0 Å². The number of aryl methyl sites for hydroxylation is 1. The highest BCUT2D eigenvalue weighted by Crippen LogP contribution is 2.37. The SMILES string of the molecule is Cc1nc2c(OC3c4ccccc4CC3O)cc(Cl)cn2c1N. The van der Waals surface area contributed by atoms with Crippen LogP contribution in [0.1, 0.15) is 22.9 Å². The first kappa shape index (κ1) is 14.4. The van der Waals surface area contributed by atoms with Crippen LogP contribution in [0, 0.1) is 6.92 Å². The van der Waals surface area contributed by atoms with Crippen LogP contribution in [0.4, 0.5) is 5.82 Å². The van der Waals surface area contributed by atoms with Crippen molar-refractivity contribution < 1.29 is 9.84 Å². The fourth-order valence-electron chi connectivity index (χ4n) is 3.12. The molecule has 3 N–H and O–H groups in total. The van der Waals surface area contributed by atoms with Gasteiger partial charge in [0, 0.05) is 18.7 Å². The van der Waals surface area contributed by atoms with Gasteiger partial charge < -0.3 is 15.6 Å². The molecular weight excluding hydrogens is 314 g/mol. The highest BCUT2D eigenvalue weighted by molar-refractivity contribution is 6.30. The van der Waals surface area contributed by atoms with Crippen LogP contribution in [0.2, 0.25) is 5.02 Å². The smallest absolute Gasteiger partial charge is 0.181 e. The third-order valence-electron chi connectivity index (χ3n) is 4.27. The summed E-state index contributed by atoms with van der Waals surface area (Å²) >= 11 is 6.18. The Bertz CT molecular complexity index is 906. The summed E-state index contributed by atoms with van der Waals surface area (Å²) in [7, 11) is 0. The molecule has 0 amide bonds. The number of aliphatic hydroxyl groups excluding tert-OH is 1. The Kier molecular flexibility index (Phi) is 3.21. The van der Waals surface area contributed by atoms with E-state index in [1.807, 2.05) is 31.2 Å². The summed E-state index contributed by atoms with van der Waals surface area (Å²) in [5.41, 5.74) is 9.43. The van der Waals surface area contributed by atoms with Gasteiger partial charge in [-0.1, -0.05) is 35.9 Å². The number of anilines is 1. The molecule has 0 radical (unpaired) electrons. The molecule has 1 aromatic carbocycles. The van der Waals surface area contributed by atoms with Crippen molar-refractivity contribution in [2.75, 3.05) is 5.73 Å². The lowest BCUT2D eigenvalue weighted by molar-refractivity contribution is 0.0502. The second-order valence-electron chi connectivity index (χ2n) is 5.81. The minimum absolute atomic E-state index is 0.438. The second kappa shape index (κ2) is 5.15. The second-order valence-corrected chi connectivity index (χ2v) is 6.24. The summed E-state index contributed by atoms with van der Waals surface area (Å²) in [6.45, 7) is 1.83. The van der Waals surface area contributed by atoms with Crippen LogP contribution in [0.25, 0.3) is 5.65 Å². The normalized spacial score (nSPS) is 20.0. The molecule has 2 aromatic heterocycles. The predicted octanol–water partition coefficient (Wildman–Crippen LogP) is 2.92. The number of imidazole rings is 1. The number of benzene rings is 1. The van der Waals surface area contributed by atoms with E-state index in [1.54, 1.807) is 16.7 Å².